The molecule has 1 amide bonds. The fraction of sp³-hybridized carbons (Fsp3) is 0.412. The van der Waals surface area contributed by atoms with Gasteiger partial charge in [0.05, 0.1) is 30.2 Å². The number of carboxylic acids is 1. The molecule has 1 saturated heterocycles. The van der Waals surface area contributed by atoms with Crippen LogP contribution in [0.1, 0.15) is 28.0 Å². The van der Waals surface area contributed by atoms with Crippen molar-refractivity contribution in [1.82, 2.24) is 9.88 Å². The lowest BCUT2D eigenvalue weighted by Crippen LogP contribution is -2.46. The van der Waals surface area contributed by atoms with Gasteiger partial charge < -0.3 is 19.7 Å². The first-order valence-electron chi connectivity index (χ1n) is 7.68. The average molecular weight is 316 g/mol. The van der Waals surface area contributed by atoms with Crippen molar-refractivity contribution in [3.05, 3.63) is 35.0 Å². The summed E-state index contributed by atoms with van der Waals surface area (Å²) in [5, 5.41) is 9.94. The van der Waals surface area contributed by atoms with Gasteiger partial charge in [-0.2, -0.15) is 0 Å². The lowest BCUT2D eigenvalue weighted by Gasteiger charge is -2.32. The molecule has 1 fully saturated rings. The molecule has 2 aromatic rings. The van der Waals surface area contributed by atoms with Gasteiger partial charge in [-0.3, -0.25) is 9.59 Å². The van der Waals surface area contributed by atoms with Gasteiger partial charge in [-0.25, -0.2) is 0 Å². The maximum absolute atomic E-state index is 12.9. The molecule has 23 heavy (non-hydrogen) atoms. The Hall–Kier alpha value is -2.34. The summed E-state index contributed by atoms with van der Waals surface area (Å²) in [4.78, 5) is 28.7. The second-order valence-electron chi connectivity index (χ2n) is 5.94. The predicted molar refractivity (Wildman–Crippen MR) is 85.7 cm³/mol. The summed E-state index contributed by atoms with van der Waals surface area (Å²) in [7, 11) is 0. The minimum Gasteiger partial charge on any atom is -0.481 e. The quantitative estimate of drug-likeness (QED) is 0.908. The van der Waals surface area contributed by atoms with Crippen LogP contribution >= 0.6 is 0 Å². The topological polar surface area (TPSA) is 82.6 Å². The first-order chi connectivity index (χ1) is 11.0. The summed E-state index contributed by atoms with van der Waals surface area (Å²) >= 11 is 0. The number of aromatic nitrogens is 1. The van der Waals surface area contributed by atoms with Crippen molar-refractivity contribution >= 4 is 22.8 Å². The molecule has 1 aliphatic heterocycles. The largest absolute Gasteiger partial charge is 0.481 e. The number of carboxylic acid groups (broad SMARTS) is 1. The zero-order chi connectivity index (χ0) is 16.6. The highest BCUT2D eigenvalue weighted by Crippen LogP contribution is 2.25. The Bertz CT molecular complexity index is 765. The SMILES string of the molecule is Cc1[nH]c2c(C(=O)N3CCOC(CC(=O)O)C3)cccc2c1C. The van der Waals surface area contributed by atoms with Gasteiger partial charge in [0, 0.05) is 24.2 Å². The van der Waals surface area contributed by atoms with Gasteiger partial charge in [0.2, 0.25) is 0 Å². The van der Waals surface area contributed by atoms with Gasteiger partial charge in [0.25, 0.3) is 5.91 Å². The molecule has 1 aliphatic rings. The minimum absolute atomic E-state index is 0.0875. The molecule has 3 rings (SSSR count). The first kappa shape index (κ1) is 15.6. The number of hydrogen-bond acceptors (Lipinski definition) is 3. The van der Waals surface area contributed by atoms with Crippen LogP contribution in [-0.2, 0) is 9.53 Å². The van der Waals surface area contributed by atoms with E-state index in [1.807, 2.05) is 32.0 Å². The third-order valence-corrected chi connectivity index (χ3v) is 4.40. The number of amides is 1. The van der Waals surface area contributed by atoms with E-state index in [0.717, 1.165) is 22.2 Å². The predicted octanol–water partition coefficient (Wildman–Crippen LogP) is 2.10. The minimum atomic E-state index is -0.915. The lowest BCUT2D eigenvalue weighted by atomic mass is 10.1. The van der Waals surface area contributed by atoms with Crippen molar-refractivity contribution in [3.63, 3.8) is 0 Å². The number of benzene rings is 1. The summed E-state index contributed by atoms with van der Waals surface area (Å²) in [5.74, 6) is -1.00. The van der Waals surface area contributed by atoms with Crippen LogP contribution in [0.15, 0.2) is 18.2 Å². The number of aliphatic carboxylic acids is 1. The highest BCUT2D eigenvalue weighted by molar-refractivity contribution is 6.06. The maximum Gasteiger partial charge on any atom is 0.306 e. The second-order valence-corrected chi connectivity index (χ2v) is 5.94. The number of hydrogen-bond donors (Lipinski definition) is 2. The number of morpholine rings is 1. The summed E-state index contributed by atoms with van der Waals surface area (Å²) in [6.45, 7) is 5.16. The summed E-state index contributed by atoms with van der Waals surface area (Å²) in [5.41, 5.74) is 3.65. The fourth-order valence-corrected chi connectivity index (χ4v) is 3.05. The third-order valence-electron chi connectivity index (χ3n) is 4.40. The van der Waals surface area contributed by atoms with Crippen LogP contribution in [-0.4, -0.2) is 52.7 Å². The third kappa shape index (κ3) is 2.94. The maximum atomic E-state index is 12.9. The number of fused-ring (bicyclic) bond motifs is 1. The van der Waals surface area contributed by atoms with Crippen molar-refractivity contribution in [3.8, 4) is 0 Å². The number of aryl methyl sites for hydroxylation is 2. The van der Waals surface area contributed by atoms with E-state index in [4.69, 9.17) is 9.84 Å². The number of nitrogens with zero attached hydrogens (tertiary/aromatic N) is 1. The zero-order valence-corrected chi connectivity index (χ0v) is 13.3. The van der Waals surface area contributed by atoms with Gasteiger partial charge in [-0.05, 0) is 25.5 Å². The van der Waals surface area contributed by atoms with Crippen LogP contribution in [0.2, 0.25) is 0 Å². The molecule has 1 atom stereocenters. The number of rotatable bonds is 3. The van der Waals surface area contributed by atoms with Crippen LogP contribution in [0.25, 0.3) is 10.9 Å². The average Bonchev–Trinajstić information content (AvgIpc) is 2.81. The number of nitrogens with one attached hydrogen (secondary N) is 1. The molecule has 0 spiro atoms. The van der Waals surface area contributed by atoms with Crippen LogP contribution < -0.4 is 0 Å². The lowest BCUT2D eigenvalue weighted by molar-refractivity contribution is -0.141. The number of carbonyl (C=O) groups excluding carboxylic acids is 1. The van der Waals surface area contributed by atoms with Gasteiger partial charge in [-0.15, -0.1) is 0 Å². The molecule has 0 bridgehead atoms. The molecule has 122 valence electrons. The molecule has 1 aromatic heterocycles. The van der Waals surface area contributed by atoms with Gasteiger partial charge in [0.1, 0.15) is 0 Å². The fourth-order valence-electron chi connectivity index (χ4n) is 3.05. The number of para-hydroxylation sites is 1. The highest BCUT2D eigenvalue weighted by atomic mass is 16.5. The van der Waals surface area contributed by atoms with Crippen molar-refractivity contribution in [2.24, 2.45) is 0 Å². The molecule has 0 saturated carbocycles. The van der Waals surface area contributed by atoms with Crippen LogP contribution in [0.5, 0.6) is 0 Å². The Morgan fingerprint density at radius 3 is 2.91 bits per heavy atom. The molecule has 2 N–H and O–H groups in total. The highest BCUT2D eigenvalue weighted by Gasteiger charge is 2.27. The second kappa shape index (κ2) is 6.04. The molecule has 6 heteroatoms. The van der Waals surface area contributed by atoms with Crippen molar-refractivity contribution in [1.29, 1.82) is 0 Å². The van der Waals surface area contributed by atoms with E-state index < -0.39 is 12.1 Å². The number of ether oxygens (including phenoxy) is 1. The number of H-pyrrole nitrogens is 1. The van der Waals surface area contributed by atoms with Gasteiger partial charge >= 0.3 is 5.97 Å². The monoisotopic (exact) mass is 316 g/mol. The van der Waals surface area contributed by atoms with E-state index in [9.17, 15) is 9.59 Å². The van der Waals surface area contributed by atoms with E-state index in [1.54, 1.807) is 4.90 Å². The Kier molecular flexibility index (Phi) is 4.09. The normalized spacial score (nSPS) is 18.3. The molecule has 1 unspecified atom stereocenters. The summed E-state index contributed by atoms with van der Waals surface area (Å²) in [6.07, 6.45) is -0.536. The van der Waals surface area contributed by atoms with E-state index >= 15 is 0 Å². The number of aromatic amines is 1. The Morgan fingerprint density at radius 2 is 2.17 bits per heavy atom. The van der Waals surface area contributed by atoms with Crippen LogP contribution in [0, 0.1) is 13.8 Å². The van der Waals surface area contributed by atoms with Gasteiger partial charge in [-0.1, -0.05) is 12.1 Å². The van der Waals surface area contributed by atoms with Crippen molar-refractivity contribution in [2.75, 3.05) is 19.7 Å². The smallest absolute Gasteiger partial charge is 0.306 e. The Labute approximate surface area is 134 Å². The van der Waals surface area contributed by atoms with E-state index in [1.165, 1.54) is 0 Å². The molecular weight excluding hydrogens is 296 g/mol. The van der Waals surface area contributed by atoms with E-state index in [0.29, 0.717) is 25.3 Å². The molecule has 6 nitrogen and oxygen atoms in total. The number of carbonyl (C=O) groups is 2. The standard InChI is InChI=1S/C17H20N2O4/c1-10-11(2)18-16-13(10)4-3-5-14(16)17(22)19-6-7-23-12(9-19)8-15(20)21/h3-5,12,18H,6-9H2,1-2H3,(H,20,21). The first-order valence-corrected chi connectivity index (χ1v) is 7.68. The van der Waals surface area contributed by atoms with Crippen LogP contribution in [0.3, 0.4) is 0 Å². The van der Waals surface area contributed by atoms with Crippen molar-refractivity contribution < 1.29 is 19.4 Å². The van der Waals surface area contributed by atoms with E-state index in [2.05, 4.69) is 4.98 Å². The molecule has 1 aromatic carbocycles. The molecule has 0 aliphatic carbocycles. The summed E-state index contributed by atoms with van der Waals surface area (Å²) in [6, 6.07) is 5.68. The van der Waals surface area contributed by atoms with Crippen LogP contribution in [0.4, 0.5) is 0 Å². The molecule has 0 radical (unpaired) electrons. The molecule has 2 heterocycles. The molecular formula is C17H20N2O4. The Morgan fingerprint density at radius 1 is 1.39 bits per heavy atom. The van der Waals surface area contributed by atoms with Crippen molar-refractivity contribution in [2.45, 2.75) is 26.4 Å². The summed E-state index contributed by atoms with van der Waals surface area (Å²) < 4.78 is 5.43. The Balaban J connectivity index is 1.88. The van der Waals surface area contributed by atoms with E-state index in [-0.39, 0.29) is 12.3 Å². The zero-order valence-electron chi connectivity index (χ0n) is 13.3. The van der Waals surface area contributed by atoms with Gasteiger partial charge in [0.15, 0.2) is 0 Å².